The van der Waals surface area contributed by atoms with Gasteiger partial charge in [0.25, 0.3) is 5.91 Å². The van der Waals surface area contributed by atoms with Gasteiger partial charge in [-0.3, -0.25) is 4.79 Å². The molecular formula is C15H24N2O3. The fourth-order valence-electron chi connectivity index (χ4n) is 2.18. The zero-order valence-corrected chi connectivity index (χ0v) is 12.9. The molecule has 0 bridgehead atoms. The molecule has 1 unspecified atom stereocenters. The molecule has 0 saturated carbocycles. The van der Waals surface area contributed by atoms with Gasteiger partial charge in [-0.05, 0) is 5.92 Å². The molecule has 1 amide bonds. The maximum absolute atomic E-state index is 12.2. The lowest BCUT2D eigenvalue weighted by atomic mass is 9.97. The van der Waals surface area contributed by atoms with Crippen LogP contribution in [0.3, 0.4) is 0 Å². The van der Waals surface area contributed by atoms with E-state index in [0.717, 1.165) is 11.5 Å². The van der Waals surface area contributed by atoms with Crippen molar-refractivity contribution in [1.29, 1.82) is 0 Å². The average Bonchev–Trinajstić information content (AvgIpc) is 2.79. The Morgan fingerprint density at radius 3 is 2.60 bits per heavy atom. The quantitative estimate of drug-likeness (QED) is 0.898. The van der Waals surface area contributed by atoms with Crippen molar-refractivity contribution in [3.05, 3.63) is 17.3 Å². The standard InChI is InChI=1S/C15H24N2O3/c1-9(2)12(18)13(19)17-7-6-11-10(8-17)16-14(20-11)15(3,4)5/h9,12,18H,6-8H2,1-5H3. The minimum Gasteiger partial charge on any atom is -0.445 e. The highest BCUT2D eigenvalue weighted by Crippen LogP contribution is 2.27. The summed E-state index contributed by atoms with van der Waals surface area (Å²) in [4.78, 5) is 18.4. The number of aliphatic hydroxyl groups excluding tert-OH is 1. The summed E-state index contributed by atoms with van der Waals surface area (Å²) < 4.78 is 5.79. The van der Waals surface area contributed by atoms with Crippen LogP contribution >= 0.6 is 0 Å². The van der Waals surface area contributed by atoms with Crippen molar-refractivity contribution >= 4 is 5.91 Å². The lowest BCUT2D eigenvalue weighted by Crippen LogP contribution is -2.43. The van der Waals surface area contributed by atoms with Gasteiger partial charge in [0.1, 0.15) is 17.6 Å². The molecule has 5 heteroatoms. The smallest absolute Gasteiger partial charge is 0.252 e. The number of aliphatic hydroxyl groups is 1. The fourth-order valence-corrected chi connectivity index (χ4v) is 2.18. The van der Waals surface area contributed by atoms with E-state index in [9.17, 15) is 9.90 Å². The van der Waals surface area contributed by atoms with E-state index < -0.39 is 6.10 Å². The van der Waals surface area contributed by atoms with Gasteiger partial charge in [0.2, 0.25) is 0 Å². The summed E-state index contributed by atoms with van der Waals surface area (Å²) in [5.74, 6) is 1.29. The highest BCUT2D eigenvalue weighted by molar-refractivity contribution is 5.81. The minimum absolute atomic E-state index is 0.0775. The first-order chi connectivity index (χ1) is 9.20. The molecule has 1 aliphatic heterocycles. The average molecular weight is 280 g/mol. The van der Waals surface area contributed by atoms with Gasteiger partial charge in [0, 0.05) is 18.4 Å². The summed E-state index contributed by atoms with van der Waals surface area (Å²) in [5, 5.41) is 9.89. The Morgan fingerprint density at radius 1 is 1.40 bits per heavy atom. The van der Waals surface area contributed by atoms with E-state index in [0.29, 0.717) is 25.4 Å². The van der Waals surface area contributed by atoms with Gasteiger partial charge in [-0.2, -0.15) is 0 Å². The molecule has 0 aromatic carbocycles. The van der Waals surface area contributed by atoms with Gasteiger partial charge in [-0.1, -0.05) is 34.6 Å². The van der Waals surface area contributed by atoms with E-state index >= 15 is 0 Å². The lowest BCUT2D eigenvalue weighted by Gasteiger charge is -2.28. The summed E-state index contributed by atoms with van der Waals surface area (Å²) in [5.41, 5.74) is 0.689. The van der Waals surface area contributed by atoms with Gasteiger partial charge >= 0.3 is 0 Å². The number of amides is 1. The summed E-state index contributed by atoms with van der Waals surface area (Å²) >= 11 is 0. The van der Waals surface area contributed by atoms with Crippen LogP contribution in [0.4, 0.5) is 0 Å². The molecule has 0 radical (unpaired) electrons. The molecule has 0 fully saturated rings. The second-order valence-electron chi connectivity index (χ2n) is 6.84. The molecule has 0 spiro atoms. The van der Waals surface area contributed by atoms with Crippen LogP contribution in [0.2, 0.25) is 0 Å². The number of rotatable bonds is 2. The molecule has 1 N–H and O–H groups in total. The second kappa shape index (κ2) is 5.20. The predicted octanol–water partition coefficient (Wildman–Crippen LogP) is 1.87. The van der Waals surface area contributed by atoms with E-state index in [1.807, 2.05) is 13.8 Å². The number of hydrogen-bond donors (Lipinski definition) is 1. The third-order valence-electron chi connectivity index (χ3n) is 3.57. The summed E-state index contributed by atoms with van der Waals surface area (Å²) in [7, 11) is 0. The normalized spacial score (nSPS) is 17.2. The lowest BCUT2D eigenvalue weighted by molar-refractivity contribution is -0.143. The molecular weight excluding hydrogens is 256 g/mol. The van der Waals surface area contributed by atoms with Crippen LogP contribution in [-0.4, -0.2) is 33.5 Å². The van der Waals surface area contributed by atoms with Crippen LogP contribution in [0.1, 0.15) is 52.0 Å². The molecule has 112 valence electrons. The molecule has 1 atom stereocenters. The fraction of sp³-hybridized carbons (Fsp3) is 0.733. The molecule has 2 rings (SSSR count). The van der Waals surface area contributed by atoms with Gasteiger partial charge in [0.15, 0.2) is 5.89 Å². The number of carbonyl (C=O) groups excluding carboxylic acids is 1. The SMILES string of the molecule is CC(C)C(O)C(=O)N1CCc2oc(C(C)(C)C)nc2C1. The van der Waals surface area contributed by atoms with Crippen molar-refractivity contribution in [2.75, 3.05) is 6.54 Å². The first kappa shape index (κ1) is 15.0. The topological polar surface area (TPSA) is 66.6 Å². The van der Waals surface area contributed by atoms with Gasteiger partial charge < -0.3 is 14.4 Å². The Labute approximate surface area is 120 Å². The van der Waals surface area contributed by atoms with Crippen LogP contribution in [-0.2, 0) is 23.2 Å². The molecule has 1 aromatic rings. The van der Waals surface area contributed by atoms with E-state index in [1.54, 1.807) is 4.90 Å². The second-order valence-corrected chi connectivity index (χ2v) is 6.84. The number of oxazole rings is 1. The van der Waals surface area contributed by atoms with Crippen LogP contribution in [0.5, 0.6) is 0 Å². The molecule has 2 heterocycles. The zero-order valence-electron chi connectivity index (χ0n) is 12.9. The van der Waals surface area contributed by atoms with Gasteiger partial charge in [-0.15, -0.1) is 0 Å². The van der Waals surface area contributed by atoms with Crippen molar-refractivity contribution in [1.82, 2.24) is 9.88 Å². The van der Waals surface area contributed by atoms with Gasteiger partial charge in [0.05, 0.1) is 6.54 Å². The molecule has 1 aliphatic rings. The third-order valence-corrected chi connectivity index (χ3v) is 3.57. The maximum Gasteiger partial charge on any atom is 0.252 e. The Hall–Kier alpha value is -1.36. The van der Waals surface area contributed by atoms with Gasteiger partial charge in [-0.25, -0.2) is 4.98 Å². The summed E-state index contributed by atoms with van der Waals surface area (Å²) in [6.07, 6.45) is -0.278. The predicted molar refractivity (Wildman–Crippen MR) is 75.2 cm³/mol. The van der Waals surface area contributed by atoms with E-state index in [1.165, 1.54) is 0 Å². The third kappa shape index (κ3) is 2.87. The Kier molecular flexibility index (Phi) is 3.91. The zero-order chi connectivity index (χ0) is 15.1. The maximum atomic E-state index is 12.2. The van der Waals surface area contributed by atoms with E-state index in [2.05, 4.69) is 25.8 Å². The van der Waals surface area contributed by atoms with Crippen molar-refractivity contribution in [2.45, 2.75) is 59.1 Å². The number of hydrogen-bond acceptors (Lipinski definition) is 4. The van der Waals surface area contributed by atoms with E-state index in [4.69, 9.17) is 4.42 Å². The van der Waals surface area contributed by atoms with Crippen LogP contribution in [0.25, 0.3) is 0 Å². The highest BCUT2D eigenvalue weighted by Gasteiger charge is 2.32. The molecule has 1 aromatic heterocycles. The first-order valence-corrected chi connectivity index (χ1v) is 7.16. The van der Waals surface area contributed by atoms with Crippen molar-refractivity contribution in [2.24, 2.45) is 5.92 Å². The number of aromatic nitrogens is 1. The van der Waals surface area contributed by atoms with Crippen LogP contribution in [0.15, 0.2) is 4.42 Å². The van der Waals surface area contributed by atoms with Crippen LogP contribution in [0, 0.1) is 5.92 Å². The number of carbonyl (C=O) groups is 1. The Morgan fingerprint density at radius 2 is 2.05 bits per heavy atom. The molecule has 5 nitrogen and oxygen atoms in total. The minimum atomic E-state index is -0.939. The molecule has 0 saturated heterocycles. The summed E-state index contributed by atoms with van der Waals surface area (Å²) in [6, 6.07) is 0. The highest BCUT2D eigenvalue weighted by atomic mass is 16.4. The summed E-state index contributed by atoms with van der Waals surface area (Å²) in [6.45, 7) is 10.8. The Balaban J connectivity index is 2.15. The molecule has 20 heavy (non-hydrogen) atoms. The molecule has 0 aliphatic carbocycles. The number of fused-ring (bicyclic) bond motifs is 1. The van der Waals surface area contributed by atoms with Crippen molar-refractivity contribution in [3.8, 4) is 0 Å². The van der Waals surface area contributed by atoms with Crippen molar-refractivity contribution < 1.29 is 14.3 Å². The van der Waals surface area contributed by atoms with E-state index in [-0.39, 0.29) is 17.2 Å². The largest absolute Gasteiger partial charge is 0.445 e. The first-order valence-electron chi connectivity index (χ1n) is 7.16. The van der Waals surface area contributed by atoms with Crippen molar-refractivity contribution in [3.63, 3.8) is 0 Å². The van der Waals surface area contributed by atoms with Crippen LogP contribution < -0.4 is 0 Å². The Bertz CT molecular complexity index is 500. The monoisotopic (exact) mass is 280 g/mol. The number of nitrogens with zero attached hydrogens (tertiary/aromatic N) is 2.